The Morgan fingerprint density at radius 2 is 2.14 bits per heavy atom. The van der Waals surface area contributed by atoms with Gasteiger partial charge < -0.3 is 15.1 Å². The fourth-order valence-electron chi connectivity index (χ4n) is 2.50. The second-order valence-electron chi connectivity index (χ2n) is 5.72. The maximum atomic E-state index is 12.4. The second kappa shape index (κ2) is 6.15. The number of carbonyl (C=O) groups excluding carboxylic acids is 2. The highest BCUT2D eigenvalue weighted by atomic mass is 16.2. The van der Waals surface area contributed by atoms with Gasteiger partial charge in [0.1, 0.15) is 0 Å². The number of hydrogen-bond acceptors (Lipinski definition) is 3. The van der Waals surface area contributed by atoms with E-state index in [4.69, 9.17) is 0 Å². The monoisotopic (exact) mass is 293 g/mol. The van der Waals surface area contributed by atoms with E-state index in [1.807, 2.05) is 14.0 Å². The third-order valence-corrected chi connectivity index (χ3v) is 3.94. The van der Waals surface area contributed by atoms with Gasteiger partial charge >= 0.3 is 6.03 Å². The lowest BCUT2D eigenvalue weighted by atomic mass is 9.97. The van der Waals surface area contributed by atoms with E-state index < -0.39 is 0 Å². The van der Waals surface area contributed by atoms with Crippen molar-refractivity contribution >= 4 is 17.6 Å². The molecule has 7 heteroatoms. The average molecular weight is 293 g/mol. The van der Waals surface area contributed by atoms with E-state index in [1.54, 1.807) is 34.8 Å². The van der Waals surface area contributed by atoms with Crippen LogP contribution in [-0.2, 0) is 11.8 Å². The zero-order valence-electron chi connectivity index (χ0n) is 13.1. The van der Waals surface area contributed by atoms with Crippen molar-refractivity contribution in [3.63, 3.8) is 0 Å². The number of piperidine rings is 1. The lowest BCUT2D eigenvalue weighted by Crippen LogP contribution is -2.47. The van der Waals surface area contributed by atoms with Crippen molar-refractivity contribution in [2.45, 2.75) is 19.8 Å². The number of aryl methyl sites for hydroxylation is 1. The molecule has 1 aliphatic rings. The Bertz CT molecular complexity index is 537. The van der Waals surface area contributed by atoms with Gasteiger partial charge in [-0.2, -0.15) is 5.10 Å². The molecule has 1 fully saturated rings. The molecule has 1 atom stereocenters. The highest BCUT2D eigenvalue weighted by Gasteiger charge is 2.29. The van der Waals surface area contributed by atoms with Crippen molar-refractivity contribution in [2.75, 3.05) is 32.5 Å². The van der Waals surface area contributed by atoms with Crippen LogP contribution in [0.1, 0.15) is 18.5 Å². The predicted molar refractivity (Wildman–Crippen MR) is 80.0 cm³/mol. The van der Waals surface area contributed by atoms with Crippen molar-refractivity contribution in [1.82, 2.24) is 19.6 Å². The van der Waals surface area contributed by atoms with Crippen molar-refractivity contribution in [3.8, 4) is 0 Å². The van der Waals surface area contributed by atoms with Gasteiger partial charge in [-0.3, -0.25) is 9.48 Å². The molecule has 0 aliphatic carbocycles. The normalized spacial score (nSPS) is 18.5. The number of urea groups is 1. The molecule has 1 unspecified atom stereocenters. The fraction of sp³-hybridized carbons (Fsp3) is 0.643. The van der Waals surface area contributed by atoms with Crippen molar-refractivity contribution in [3.05, 3.63) is 11.9 Å². The molecule has 1 aliphatic heterocycles. The maximum Gasteiger partial charge on any atom is 0.319 e. The topological polar surface area (TPSA) is 70.5 Å². The average Bonchev–Trinajstić information content (AvgIpc) is 2.78. The third kappa shape index (κ3) is 3.34. The fourth-order valence-corrected chi connectivity index (χ4v) is 2.50. The molecule has 1 aromatic heterocycles. The summed E-state index contributed by atoms with van der Waals surface area (Å²) >= 11 is 0. The predicted octanol–water partition coefficient (Wildman–Crippen LogP) is 1.06. The standard InChI is InChI=1S/C14H23N5O2/c1-10-12(8-15-18(10)4)16-13(20)11-6-5-7-19(9-11)14(21)17(2)3/h8,11H,5-7,9H2,1-4H3,(H,16,20). The first-order valence-corrected chi connectivity index (χ1v) is 7.16. The van der Waals surface area contributed by atoms with Gasteiger partial charge in [0.15, 0.2) is 0 Å². The van der Waals surface area contributed by atoms with Gasteiger partial charge in [0.05, 0.1) is 23.5 Å². The summed E-state index contributed by atoms with van der Waals surface area (Å²) in [6.07, 6.45) is 3.31. The number of nitrogens with zero attached hydrogens (tertiary/aromatic N) is 4. The molecule has 1 N–H and O–H groups in total. The lowest BCUT2D eigenvalue weighted by Gasteiger charge is -2.33. The van der Waals surface area contributed by atoms with Crippen molar-refractivity contribution in [1.29, 1.82) is 0 Å². The Hall–Kier alpha value is -2.05. The van der Waals surface area contributed by atoms with E-state index in [9.17, 15) is 9.59 Å². The number of rotatable bonds is 2. The molecule has 3 amide bonds. The van der Waals surface area contributed by atoms with Gasteiger partial charge in [0.2, 0.25) is 5.91 Å². The molecule has 0 saturated carbocycles. The van der Waals surface area contributed by atoms with E-state index in [0.717, 1.165) is 24.2 Å². The van der Waals surface area contributed by atoms with Crippen LogP contribution in [0.2, 0.25) is 0 Å². The zero-order valence-corrected chi connectivity index (χ0v) is 13.1. The van der Waals surface area contributed by atoms with Gasteiger partial charge in [0.25, 0.3) is 0 Å². The molecule has 1 saturated heterocycles. The van der Waals surface area contributed by atoms with Gasteiger partial charge in [-0.15, -0.1) is 0 Å². The van der Waals surface area contributed by atoms with Gasteiger partial charge in [-0.1, -0.05) is 0 Å². The summed E-state index contributed by atoms with van der Waals surface area (Å²) in [5, 5.41) is 7.03. The van der Waals surface area contributed by atoms with Gasteiger partial charge in [-0.25, -0.2) is 4.79 Å². The van der Waals surface area contributed by atoms with Crippen LogP contribution in [0.25, 0.3) is 0 Å². The first-order chi connectivity index (χ1) is 9.90. The molecule has 116 valence electrons. The Kier molecular flexibility index (Phi) is 4.50. The maximum absolute atomic E-state index is 12.4. The number of aromatic nitrogens is 2. The van der Waals surface area contributed by atoms with Crippen molar-refractivity contribution in [2.24, 2.45) is 13.0 Å². The number of amides is 3. The molecule has 1 aromatic rings. The minimum Gasteiger partial charge on any atom is -0.331 e. The van der Waals surface area contributed by atoms with E-state index in [-0.39, 0.29) is 17.9 Å². The minimum atomic E-state index is -0.165. The second-order valence-corrected chi connectivity index (χ2v) is 5.72. The Morgan fingerprint density at radius 3 is 2.71 bits per heavy atom. The smallest absolute Gasteiger partial charge is 0.319 e. The Labute approximate surface area is 124 Å². The lowest BCUT2D eigenvalue weighted by molar-refractivity contribution is -0.121. The summed E-state index contributed by atoms with van der Waals surface area (Å²) in [7, 11) is 5.29. The SMILES string of the molecule is Cc1c(NC(=O)C2CCCN(C(=O)N(C)C)C2)cnn1C. The van der Waals surface area contributed by atoms with Crippen LogP contribution < -0.4 is 5.32 Å². The summed E-state index contributed by atoms with van der Waals surface area (Å²) < 4.78 is 1.72. The largest absolute Gasteiger partial charge is 0.331 e. The van der Waals surface area contributed by atoms with E-state index >= 15 is 0 Å². The first-order valence-electron chi connectivity index (χ1n) is 7.16. The molecule has 7 nitrogen and oxygen atoms in total. The van der Waals surface area contributed by atoms with Gasteiger partial charge in [0, 0.05) is 34.2 Å². The molecule has 0 spiro atoms. The van der Waals surface area contributed by atoms with Crippen LogP contribution in [0.3, 0.4) is 0 Å². The summed E-state index contributed by atoms with van der Waals surface area (Å²) in [5.74, 6) is -0.204. The highest BCUT2D eigenvalue weighted by molar-refractivity contribution is 5.93. The van der Waals surface area contributed by atoms with E-state index in [1.165, 1.54) is 0 Å². The summed E-state index contributed by atoms with van der Waals surface area (Å²) in [4.78, 5) is 27.6. The molecule has 0 aromatic carbocycles. The first kappa shape index (κ1) is 15.3. The molecule has 0 bridgehead atoms. The molecular formula is C14H23N5O2. The summed E-state index contributed by atoms with van der Waals surface area (Å²) in [6.45, 7) is 3.10. The number of hydrogen-bond donors (Lipinski definition) is 1. The number of carbonyl (C=O) groups is 2. The molecule has 2 rings (SSSR count). The minimum absolute atomic E-state index is 0.0370. The van der Waals surface area contributed by atoms with Crippen LogP contribution in [0.5, 0.6) is 0 Å². The third-order valence-electron chi connectivity index (χ3n) is 3.94. The summed E-state index contributed by atoms with van der Waals surface area (Å²) in [6, 6.07) is -0.0370. The summed E-state index contributed by atoms with van der Waals surface area (Å²) in [5.41, 5.74) is 1.65. The molecule has 2 heterocycles. The Balaban J connectivity index is 1.99. The number of anilines is 1. The van der Waals surface area contributed by atoms with E-state index in [0.29, 0.717) is 13.1 Å². The van der Waals surface area contributed by atoms with Crippen LogP contribution >= 0.6 is 0 Å². The van der Waals surface area contributed by atoms with Crippen LogP contribution in [0.15, 0.2) is 6.20 Å². The van der Waals surface area contributed by atoms with Gasteiger partial charge in [-0.05, 0) is 19.8 Å². The van der Waals surface area contributed by atoms with Crippen LogP contribution in [0.4, 0.5) is 10.5 Å². The van der Waals surface area contributed by atoms with Crippen molar-refractivity contribution < 1.29 is 9.59 Å². The molecule has 21 heavy (non-hydrogen) atoms. The Morgan fingerprint density at radius 1 is 1.43 bits per heavy atom. The quantitative estimate of drug-likeness (QED) is 0.886. The molecule has 0 radical (unpaired) electrons. The highest BCUT2D eigenvalue weighted by Crippen LogP contribution is 2.20. The molecular weight excluding hydrogens is 270 g/mol. The van der Waals surface area contributed by atoms with Crippen LogP contribution in [0, 0.1) is 12.8 Å². The zero-order chi connectivity index (χ0) is 15.6. The van der Waals surface area contributed by atoms with E-state index in [2.05, 4.69) is 10.4 Å². The number of nitrogens with one attached hydrogen (secondary N) is 1. The number of likely N-dealkylation sites (tertiary alicyclic amines) is 1. The van der Waals surface area contributed by atoms with Crippen LogP contribution in [-0.4, -0.2) is 58.7 Å².